The number of nitrogens with one attached hydrogen (secondary N) is 1. The van der Waals surface area contributed by atoms with E-state index in [-0.39, 0.29) is 24.4 Å². The lowest BCUT2D eigenvalue weighted by Gasteiger charge is -2.14. The van der Waals surface area contributed by atoms with E-state index in [1.807, 2.05) is 12.1 Å². The average molecular weight is 353 g/mol. The summed E-state index contributed by atoms with van der Waals surface area (Å²) in [5.41, 5.74) is 8.42. The van der Waals surface area contributed by atoms with Crippen molar-refractivity contribution >= 4 is 18.3 Å². The van der Waals surface area contributed by atoms with Gasteiger partial charge in [-0.2, -0.15) is 4.98 Å². The van der Waals surface area contributed by atoms with Crippen molar-refractivity contribution in [1.29, 1.82) is 0 Å². The molecule has 0 bridgehead atoms. The van der Waals surface area contributed by atoms with Crippen LogP contribution in [-0.2, 0) is 11.2 Å². The molecule has 0 radical (unpaired) electrons. The monoisotopic (exact) mass is 352 g/mol. The minimum atomic E-state index is -0.217. The first kappa shape index (κ1) is 20.1. The molecule has 7 heteroatoms. The fourth-order valence-electron chi connectivity index (χ4n) is 2.22. The van der Waals surface area contributed by atoms with Gasteiger partial charge in [0.15, 0.2) is 5.82 Å². The van der Waals surface area contributed by atoms with Gasteiger partial charge in [0.2, 0.25) is 11.8 Å². The molecular weight excluding hydrogens is 328 g/mol. The van der Waals surface area contributed by atoms with E-state index in [4.69, 9.17) is 10.3 Å². The normalized spacial score (nSPS) is 11.9. The number of aryl methyl sites for hydroxylation is 2. The fourth-order valence-corrected chi connectivity index (χ4v) is 2.22. The van der Waals surface area contributed by atoms with Crippen molar-refractivity contribution in [3.63, 3.8) is 0 Å². The molecule has 2 aromatic rings. The first-order chi connectivity index (χ1) is 11.0. The Morgan fingerprint density at radius 2 is 1.88 bits per heavy atom. The Morgan fingerprint density at radius 1 is 1.25 bits per heavy atom. The molecule has 6 nitrogen and oxygen atoms in total. The van der Waals surface area contributed by atoms with Crippen LogP contribution in [0.2, 0.25) is 0 Å². The number of hydrogen-bond donors (Lipinski definition) is 2. The minimum Gasteiger partial charge on any atom is -0.354 e. The van der Waals surface area contributed by atoms with Crippen molar-refractivity contribution < 1.29 is 9.32 Å². The van der Waals surface area contributed by atoms with Crippen molar-refractivity contribution in [2.24, 2.45) is 5.73 Å². The van der Waals surface area contributed by atoms with Crippen LogP contribution in [0.15, 0.2) is 28.8 Å². The number of nitrogens with zero attached hydrogens (tertiary/aromatic N) is 2. The van der Waals surface area contributed by atoms with Crippen molar-refractivity contribution in [1.82, 2.24) is 15.5 Å². The number of aromatic nitrogens is 2. The predicted molar refractivity (Wildman–Crippen MR) is 95.1 cm³/mol. The molecular formula is C17H25ClN4O2. The number of carbonyl (C=O) groups excluding carboxylic acids is 1. The van der Waals surface area contributed by atoms with Crippen LogP contribution in [0.25, 0.3) is 0 Å². The molecule has 0 spiro atoms. The van der Waals surface area contributed by atoms with Gasteiger partial charge in [-0.05, 0) is 24.0 Å². The van der Waals surface area contributed by atoms with Crippen LogP contribution in [-0.4, -0.2) is 22.6 Å². The predicted octanol–water partition coefficient (Wildman–Crippen LogP) is 2.67. The zero-order chi connectivity index (χ0) is 16.8. The third-order valence-corrected chi connectivity index (χ3v) is 3.69. The number of hydrogen-bond acceptors (Lipinski definition) is 5. The van der Waals surface area contributed by atoms with Crippen LogP contribution in [0.4, 0.5) is 0 Å². The van der Waals surface area contributed by atoms with E-state index in [1.54, 1.807) is 6.92 Å². The molecule has 1 heterocycles. The molecule has 24 heavy (non-hydrogen) atoms. The SMILES string of the molecule is Cc1noc(CCC(=O)NCC(N)c2ccc(C(C)C)cc2)n1.Cl. The van der Waals surface area contributed by atoms with E-state index >= 15 is 0 Å². The van der Waals surface area contributed by atoms with Gasteiger partial charge in [0.05, 0.1) is 0 Å². The van der Waals surface area contributed by atoms with E-state index in [0.717, 1.165) is 5.56 Å². The van der Waals surface area contributed by atoms with E-state index in [2.05, 4.69) is 41.4 Å². The molecule has 0 fully saturated rings. The molecule has 1 unspecified atom stereocenters. The van der Waals surface area contributed by atoms with E-state index in [0.29, 0.717) is 37.0 Å². The molecule has 1 atom stereocenters. The minimum absolute atomic E-state index is 0. The second-order valence-corrected chi connectivity index (χ2v) is 5.97. The molecule has 1 aromatic heterocycles. The number of benzene rings is 1. The van der Waals surface area contributed by atoms with Crippen LogP contribution < -0.4 is 11.1 Å². The summed E-state index contributed by atoms with van der Waals surface area (Å²) in [5.74, 6) is 1.47. The van der Waals surface area contributed by atoms with Crippen LogP contribution in [0.1, 0.15) is 55.1 Å². The molecule has 0 aliphatic heterocycles. The van der Waals surface area contributed by atoms with E-state index in [9.17, 15) is 4.79 Å². The Balaban J connectivity index is 0.00000288. The van der Waals surface area contributed by atoms with Gasteiger partial charge in [-0.15, -0.1) is 12.4 Å². The number of nitrogens with two attached hydrogens (primary N) is 1. The second-order valence-electron chi connectivity index (χ2n) is 5.97. The van der Waals surface area contributed by atoms with Gasteiger partial charge in [-0.1, -0.05) is 43.3 Å². The highest BCUT2D eigenvalue weighted by atomic mass is 35.5. The summed E-state index contributed by atoms with van der Waals surface area (Å²) >= 11 is 0. The smallest absolute Gasteiger partial charge is 0.227 e. The zero-order valence-corrected chi connectivity index (χ0v) is 15.1. The van der Waals surface area contributed by atoms with Gasteiger partial charge in [-0.25, -0.2) is 0 Å². The average Bonchev–Trinajstić information content (AvgIpc) is 2.96. The van der Waals surface area contributed by atoms with Crippen LogP contribution in [0, 0.1) is 6.92 Å². The lowest BCUT2D eigenvalue weighted by molar-refractivity contribution is -0.121. The largest absolute Gasteiger partial charge is 0.354 e. The van der Waals surface area contributed by atoms with Crippen LogP contribution in [0.5, 0.6) is 0 Å². The van der Waals surface area contributed by atoms with Gasteiger partial charge in [0, 0.05) is 25.4 Å². The highest BCUT2D eigenvalue weighted by Crippen LogP contribution is 2.17. The molecule has 1 amide bonds. The summed E-state index contributed by atoms with van der Waals surface area (Å²) < 4.78 is 4.97. The number of amides is 1. The Bertz CT molecular complexity index is 640. The van der Waals surface area contributed by atoms with E-state index < -0.39 is 0 Å². The first-order valence-corrected chi connectivity index (χ1v) is 7.87. The summed E-state index contributed by atoms with van der Waals surface area (Å²) in [6.07, 6.45) is 0.742. The van der Waals surface area contributed by atoms with Gasteiger partial charge in [-0.3, -0.25) is 4.79 Å². The molecule has 0 saturated carbocycles. The molecule has 3 N–H and O–H groups in total. The Hall–Kier alpha value is -1.92. The maximum atomic E-state index is 11.8. The number of carbonyl (C=O) groups is 1. The second kappa shape index (κ2) is 9.39. The molecule has 1 aromatic carbocycles. The van der Waals surface area contributed by atoms with Crippen molar-refractivity contribution in [3.05, 3.63) is 47.1 Å². The third kappa shape index (κ3) is 5.94. The Morgan fingerprint density at radius 3 is 2.42 bits per heavy atom. The maximum absolute atomic E-state index is 11.8. The van der Waals surface area contributed by atoms with Crippen molar-refractivity contribution in [2.45, 2.75) is 45.6 Å². The van der Waals surface area contributed by atoms with E-state index in [1.165, 1.54) is 5.56 Å². The summed E-state index contributed by atoms with van der Waals surface area (Å²) in [7, 11) is 0. The fraction of sp³-hybridized carbons (Fsp3) is 0.471. The van der Waals surface area contributed by atoms with Crippen LogP contribution in [0.3, 0.4) is 0 Å². The summed E-state index contributed by atoms with van der Waals surface area (Å²) in [6.45, 7) is 6.46. The standard InChI is InChI=1S/C17H24N4O2.ClH/c1-11(2)13-4-6-14(7-5-13)15(18)10-19-16(22)8-9-17-20-12(3)21-23-17;/h4-7,11,15H,8-10,18H2,1-3H3,(H,19,22);1H. The van der Waals surface area contributed by atoms with Gasteiger partial charge in [0.25, 0.3) is 0 Å². The van der Waals surface area contributed by atoms with Crippen LogP contribution >= 0.6 is 12.4 Å². The molecule has 0 saturated heterocycles. The van der Waals surface area contributed by atoms with Gasteiger partial charge in [0.1, 0.15) is 0 Å². The molecule has 0 aliphatic rings. The topological polar surface area (TPSA) is 94.0 Å². The van der Waals surface area contributed by atoms with Crippen molar-refractivity contribution in [2.75, 3.05) is 6.54 Å². The summed E-state index contributed by atoms with van der Waals surface area (Å²) in [5, 5.41) is 6.53. The number of rotatable bonds is 7. The number of halogens is 1. The Kier molecular flexibility index (Phi) is 7.88. The zero-order valence-electron chi connectivity index (χ0n) is 14.3. The lowest BCUT2D eigenvalue weighted by Crippen LogP contribution is -2.32. The third-order valence-electron chi connectivity index (χ3n) is 3.69. The maximum Gasteiger partial charge on any atom is 0.227 e. The van der Waals surface area contributed by atoms with Crippen molar-refractivity contribution in [3.8, 4) is 0 Å². The summed E-state index contributed by atoms with van der Waals surface area (Å²) in [6, 6.07) is 7.99. The summed E-state index contributed by atoms with van der Waals surface area (Å²) in [4.78, 5) is 15.9. The lowest BCUT2D eigenvalue weighted by atomic mass is 9.99. The van der Waals surface area contributed by atoms with Gasteiger partial charge < -0.3 is 15.6 Å². The first-order valence-electron chi connectivity index (χ1n) is 7.87. The Labute approximate surface area is 148 Å². The van der Waals surface area contributed by atoms with Gasteiger partial charge >= 0.3 is 0 Å². The highest BCUT2D eigenvalue weighted by Gasteiger charge is 2.11. The molecule has 2 rings (SSSR count). The molecule has 0 aliphatic carbocycles. The highest BCUT2D eigenvalue weighted by molar-refractivity contribution is 5.85. The quantitative estimate of drug-likeness (QED) is 0.798. The molecule has 132 valence electrons.